The molecule has 2 aliphatic rings. The average molecular weight is 388 g/mol. The Kier molecular flexibility index (Phi) is 3.27. The quantitative estimate of drug-likeness (QED) is 0.518. The molecule has 4 aromatic heterocycles. The van der Waals surface area contributed by atoms with Crippen LogP contribution in [0.1, 0.15) is 24.0 Å². The van der Waals surface area contributed by atoms with Crippen LogP contribution in [0.25, 0.3) is 33.6 Å². The van der Waals surface area contributed by atoms with Gasteiger partial charge in [0.05, 0.1) is 16.5 Å². The normalized spacial score (nSPS) is 15.9. The first-order chi connectivity index (χ1) is 14.1. The summed E-state index contributed by atoms with van der Waals surface area (Å²) >= 11 is 0. The van der Waals surface area contributed by atoms with E-state index in [1.807, 2.05) is 18.7 Å². The topological polar surface area (TPSA) is 103 Å². The van der Waals surface area contributed by atoms with Gasteiger partial charge in [-0.1, -0.05) is 0 Å². The molecule has 146 valence electrons. The SMILES string of the molecule is Cn1cc2c3c(nc(-c4c5c6c(ncnc6n4C)NC(=O)CC5)nc31)NCCC2. The summed E-state index contributed by atoms with van der Waals surface area (Å²) in [7, 11) is 3.99. The molecule has 9 nitrogen and oxygen atoms in total. The van der Waals surface area contributed by atoms with Crippen molar-refractivity contribution in [3.8, 4) is 11.5 Å². The molecule has 0 aromatic carbocycles. The van der Waals surface area contributed by atoms with E-state index in [0.29, 0.717) is 24.5 Å². The molecule has 6 heterocycles. The third kappa shape index (κ3) is 2.24. The van der Waals surface area contributed by atoms with Crippen molar-refractivity contribution >= 4 is 39.6 Å². The largest absolute Gasteiger partial charge is 0.369 e. The number of amides is 1. The predicted octanol–water partition coefficient (Wildman–Crippen LogP) is 2.16. The number of carbonyl (C=O) groups excluding carboxylic acids is 1. The van der Waals surface area contributed by atoms with Gasteiger partial charge < -0.3 is 19.8 Å². The van der Waals surface area contributed by atoms with Gasteiger partial charge in [0, 0.05) is 33.3 Å². The van der Waals surface area contributed by atoms with E-state index in [0.717, 1.165) is 58.5 Å². The lowest BCUT2D eigenvalue weighted by Crippen LogP contribution is -2.12. The average Bonchev–Trinajstić information content (AvgIpc) is 2.99. The monoisotopic (exact) mass is 388 g/mol. The van der Waals surface area contributed by atoms with E-state index in [9.17, 15) is 4.79 Å². The molecule has 0 fully saturated rings. The lowest BCUT2D eigenvalue weighted by molar-refractivity contribution is -0.116. The minimum Gasteiger partial charge on any atom is -0.369 e. The maximum atomic E-state index is 12.2. The Morgan fingerprint density at radius 1 is 1.00 bits per heavy atom. The van der Waals surface area contributed by atoms with Crippen molar-refractivity contribution in [2.75, 3.05) is 17.2 Å². The van der Waals surface area contributed by atoms with E-state index in [4.69, 9.17) is 9.97 Å². The van der Waals surface area contributed by atoms with E-state index in [-0.39, 0.29) is 5.91 Å². The molecule has 0 spiro atoms. The highest BCUT2D eigenvalue weighted by atomic mass is 16.1. The zero-order chi connectivity index (χ0) is 19.7. The Bertz CT molecular complexity index is 1330. The van der Waals surface area contributed by atoms with Crippen LogP contribution in [-0.4, -0.2) is 41.5 Å². The van der Waals surface area contributed by atoms with Crippen molar-refractivity contribution in [3.05, 3.63) is 23.7 Å². The molecule has 4 aromatic rings. The summed E-state index contributed by atoms with van der Waals surface area (Å²) in [5, 5.41) is 8.37. The summed E-state index contributed by atoms with van der Waals surface area (Å²) in [5.74, 6) is 2.05. The summed E-state index contributed by atoms with van der Waals surface area (Å²) < 4.78 is 4.09. The Morgan fingerprint density at radius 2 is 1.90 bits per heavy atom. The third-order valence-corrected chi connectivity index (χ3v) is 5.95. The number of hydrogen-bond donors (Lipinski definition) is 2. The van der Waals surface area contributed by atoms with Gasteiger partial charge in [-0.05, 0) is 30.4 Å². The van der Waals surface area contributed by atoms with Gasteiger partial charge in [0.1, 0.15) is 29.3 Å². The van der Waals surface area contributed by atoms with Crippen molar-refractivity contribution in [1.29, 1.82) is 0 Å². The summed E-state index contributed by atoms with van der Waals surface area (Å²) in [6.45, 7) is 0.889. The molecule has 0 aliphatic carbocycles. The number of anilines is 2. The van der Waals surface area contributed by atoms with Crippen LogP contribution in [0.15, 0.2) is 12.5 Å². The Morgan fingerprint density at radius 3 is 2.79 bits per heavy atom. The van der Waals surface area contributed by atoms with Crippen LogP contribution in [0.4, 0.5) is 11.6 Å². The highest BCUT2D eigenvalue weighted by Gasteiger charge is 2.28. The van der Waals surface area contributed by atoms with E-state index < -0.39 is 0 Å². The maximum absolute atomic E-state index is 12.2. The molecule has 29 heavy (non-hydrogen) atoms. The highest BCUT2D eigenvalue weighted by molar-refractivity contribution is 6.05. The summed E-state index contributed by atoms with van der Waals surface area (Å²) in [6, 6.07) is 0. The predicted molar refractivity (Wildman–Crippen MR) is 110 cm³/mol. The van der Waals surface area contributed by atoms with Crippen molar-refractivity contribution in [1.82, 2.24) is 29.1 Å². The molecule has 2 aliphatic heterocycles. The lowest BCUT2D eigenvalue weighted by Gasteiger charge is -2.10. The van der Waals surface area contributed by atoms with Crippen molar-refractivity contribution in [2.45, 2.75) is 25.7 Å². The number of carbonyl (C=O) groups is 1. The second-order valence-corrected chi connectivity index (χ2v) is 7.75. The molecule has 0 unspecified atom stereocenters. The van der Waals surface area contributed by atoms with Gasteiger partial charge in [-0.25, -0.2) is 19.9 Å². The first-order valence-electron chi connectivity index (χ1n) is 9.84. The van der Waals surface area contributed by atoms with Gasteiger partial charge in [0.15, 0.2) is 5.82 Å². The fourth-order valence-corrected chi connectivity index (χ4v) is 4.66. The standard InChI is InChI=1S/C20H20N8O/c1-27-8-10-4-3-7-21-16-13(10)20(27)26-18(25-16)15-11-5-6-12(29)24-17-14(11)19(28(15)2)23-9-22-17/h8-9H,3-7H2,1-2H3,(H,21,25,26)(H,22,23,24,29). The Hall–Kier alpha value is -3.49. The molecule has 2 N–H and O–H groups in total. The van der Waals surface area contributed by atoms with Crippen LogP contribution in [0.2, 0.25) is 0 Å². The van der Waals surface area contributed by atoms with Crippen LogP contribution < -0.4 is 10.6 Å². The van der Waals surface area contributed by atoms with E-state index in [2.05, 4.69) is 31.4 Å². The van der Waals surface area contributed by atoms with E-state index in [1.165, 1.54) is 11.9 Å². The molecule has 0 atom stereocenters. The van der Waals surface area contributed by atoms with Gasteiger partial charge in [0.25, 0.3) is 0 Å². The van der Waals surface area contributed by atoms with Gasteiger partial charge >= 0.3 is 0 Å². The maximum Gasteiger partial charge on any atom is 0.225 e. The molecule has 0 bridgehead atoms. The van der Waals surface area contributed by atoms with Crippen LogP contribution in [0, 0.1) is 0 Å². The fourth-order valence-electron chi connectivity index (χ4n) is 4.66. The first-order valence-corrected chi connectivity index (χ1v) is 9.84. The zero-order valence-electron chi connectivity index (χ0n) is 16.3. The molecule has 6 rings (SSSR count). The second-order valence-electron chi connectivity index (χ2n) is 7.75. The van der Waals surface area contributed by atoms with Gasteiger partial charge in [-0.15, -0.1) is 0 Å². The summed E-state index contributed by atoms with van der Waals surface area (Å²) in [6.07, 6.45) is 6.72. The second kappa shape index (κ2) is 5.76. The van der Waals surface area contributed by atoms with Gasteiger partial charge in [-0.2, -0.15) is 0 Å². The smallest absolute Gasteiger partial charge is 0.225 e. The summed E-state index contributed by atoms with van der Waals surface area (Å²) in [5.41, 5.74) is 4.89. The number of nitrogens with zero attached hydrogens (tertiary/aromatic N) is 6. The minimum absolute atomic E-state index is 0.0357. The van der Waals surface area contributed by atoms with Crippen LogP contribution >= 0.6 is 0 Å². The molecular weight excluding hydrogens is 368 g/mol. The third-order valence-electron chi connectivity index (χ3n) is 5.95. The number of hydrogen-bond acceptors (Lipinski definition) is 6. The van der Waals surface area contributed by atoms with Crippen molar-refractivity contribution in [2.24, 2.45) is 14.1 Å². The first kappa shape index (κ1) is 16.5. The fraction of sp³-hybridized carbons (Fsp3) is 0.350. The summed E-state index contributed by atoms with van der Waals surface area (Å²) in [4.78, 5) is 30.8. The van der Waals surface area contributed by atoms with Crippen molar-refractivity contribution < 1.29 is 4.79 Å². The van der Waals surface area contributed by atoms with Crippen LogP contribution in [0.5, 0.6) is 0 Å². The zero-order valence-corrected chi connectivity index (χ0v) is 16.3. The van der Waals surface area contributed by atoms with Gasteiger partial charge in [-0.3, -0.25) is 4.79 Å². The molecule has 0 saturated heterocycles. The van der Waals surface area contributed by atoms with Gasteiger partial charge in [0.2, 0.25) is 5.91 Å². The van der Waals surface area contributed by atoms with Crippen molar-refractivity contribution in [3.63, 3.8) is 0 Å². The number of aryl methyl sites for hydroxylation is 4. The Labute approximate surface area is 166 Å². The molecule has 0 saturated carbocycles. The van der Waals surface area contributed by atoms with E-state index in [1.54, 1.807) is 0 Å². The number of nitrogens with one attached hydrogen (secondary N) is 2. The Balaban J connectivity index is 1.68. The highest BCUT2D eigenvalue weighted by Crippen LogP contribution is 2.38. The van der Waals surface area contributed by atoms with Crippen LogP contribution in [-0.2, 0) is 31.7 Å². The number of aromatic nitrogens is 6. The molecule has 0 radical (unpaired) electrons. The molecule has 1 amide bonds. The van der Waals surface area contributed by atoms with E-state index >= 15 is 0 Å². The molecule has 9 heteroatoms. The molecular formula is C20H20N8O. The number of rotatable bonds is 1. The lowest BCUT2D eigenvalue weighted by atomic mass is 10.1. The minimum atomic E-state index is -0.0357. The van der Waals surface area contributed by atoms with Crippen LogP contribution in [0.3, 0.4) is 0 Å².